The second-order valence-electron chi connectivity index (χ2n) is 4.44. The van der Waals surface area contributed by atoms with Crippen LogP contribution in [0.1, 0.15) is 0 Å². The standard InChI is InChI=1S/C14H2Cl8/c15-3-1-5(17)11(19)9-7(3)13(21)8-4(16)2-6(18)12(20)10(8)14(9)22/h1-2H. The molecule has 0 heterocycles. The predicted octanol–water partition coefficient (Wildman–Crippen LogP) is 9.22. The van der Waals surface area contributed by atoms with Crippen LogP contribution in [0.3, 0.4) is 0 Å². The van der Waals surface area contributed by atoms with E-state index >= 15 is 0 Å². The molecule has 8 heteroatoms. The van der Waals surface area contributed by atoms with Crippen molar-refractivity contribution in [3.05, 3.63) is 52.3 Å². The Bertz CT molecular complexity index is 886. The van der Waals surface area contributed by atoms with E-state index in [2.05, 4.69) is 0 Å². The third-order valence-corrected chi connectivity index (χ3v) is 6.15. The lowest BCUT2D eigenvalue weighted by Crippen LogP contribution is -1.88. The van der Waals surface area contributed by atoms with Crippen molar-refractivity contribution < 1.29 is 0 Å². The molecule has 0 radical (unpaired) electrons. The van der Waals surface area contributed by atoms with Gasteiger partial charge in [0.1, 0.15) is 0 Å². The number of benzene rings is 3. The van der Waals surface area contributed by atoms with E-state index < -0.39 is 0 Å². The van der Waals surface area contributed by atoms with Crippen LogP contribution in [0, 0.1) is 0 Å². The van der Waals surface area contributed by atoms with Gasteiger partial charge in [-0.15, -0.1) is 0 Å². The molecule has 114 valence electrons. The van der Waals surface area contributed by atoms with Crippen molar-refractivity contribution in [2.45, 2.75) is 0 Å². The highest BCUT2D eigenvalue weighted by atomic mass is 35.5. The Balaban J connectivity index is 2.78. The van der Waals surface area contributed by atoms with E-state index in [1.165, 1.54) is 12.1 Å². The molecule has 0 spiro atoms. The van der Waals surface area contributed by atoms with Gasteiger partial charge in [-0.2, -0.15) is 0 Å². The Labute approximate surface area is 165 Å². The lowest BCUT2D eigenvalue weighted by molar-refractivity contribution is 1.75. The Kier molecular flexibility index (Phi) is 4.80. The van der Waals surface area contributed by atoms with Crippen LogP contribution < -0.4 is 0 Å². The third-order valence-electron chi connectivity index (χ3n) is 3.22. The van der Waals surface area contributed by atoms with Crippen LogP contribution in [0.15, 0.2) is 12.1 Å². The smallest absolute Gasteiger partial charge is 0.0687 e. The maximum Gasteiger partial charge on any atom is 0.0687 e. The molecule has 0 aliphatic carbocycles. The predicted molar refractivity (Wildman–Crippen MR) is 102 cm³/mol. The van der Waals surface area contributed by atoms with Crippen molar-refractivity contribution in [2.24, 2.45) is 0 Å². The molecule has 0 saturated carbocycles. The van der Waals surface area contributed by atoms with Gasteiger partial charge in [-0.1, -0.05) is 92.8 Å². The quantitative estimate of drug-likeness (QED) is 0.235. The van der Waals surface area contributed by atoms with Gasteiger partial charge in [-0.05, 0) is 12.1 Å². The second-order valence-corrected chi connectivity index (χ2v) is 7.58. The summed E-state index contributed by atoms with van der Waals surface area (Å²) in [6.07, 6.45) is 0. The van der Waals surface area contributed by atoms with Gasteiger partial charge in [0.15, 0.2) is 0 Å². The molecule has 3 aromatic rings. The first kappa shape index (κ1) is 17.3. The average Bonchev–Trinajstić information content (AvgIpc) is 2.44. The van der Waals surface area contributed by atoms with E-state index in [1.54, 1.807) is 0 Å². The Morgan fingerprint density at radius 3 is 1.05 bits per heavy atom. The zero-order valence-electron chi connectivity index (χ0n) is 10.2. The average molecular weight is 454 g/mol. The van der Waals surface area contributed by atoms with Crippen LogP contribution in [0.2, 0.25) is 40.2 Å². The molecule has 0 aromatic heterocycles. The Hall–Kier alpha value is 0.500. The van der Waals surface area contributed by atoms with Gasteiger partial charge in [0.2, 0.25) is 0 Å². The highest BCUT2D eigenvalue weighted by Gasteiger charge is 2.23. The van der Waals surface area contributed by atoms with Gasteiger partial charge in [-0.25, -0.2) is 0 Å². The van der Waals surface area contributed by atoms with Gasteiger partial charge in [0, 0.05) is 21.5 Å². The van der Waals surface area contributed by atoms with Crippen molar-refractivity contribution >= 4 is 114 Å². The van der Waals surface area contributed by atoms with E-state index in [-0.39, 0.29) is 30.1 Å². The zero-order valence-corrected chi connectivity index (χ0v) is 16.2. The summed E-state index contributed by atoms with van der Waals surface area (Å²) in [5, 5.41) is 3.79. The first-order valence-corrected chi connectivity index (χ1v) is 8.69. The van der Waals surface area contributed by atoms with Crippen LogP contribution in [-0.4, -0.2) is 0 Å². The van der Waals surface area contributed by atoms with Gasteiger partial charge in [0.25, 0.3) is 0 Å². The minimum atomic E-state index is 0.224. The summed E-state index contributed by atoms with van der Waals surface area (Å²) in [6, 6.07) is 2.99. The molecule has 0 aliphatic heterocycles. The van der Waals surface area contributed by atoms with E-state index in [1.807, 2.05) is 0 Å². The summed E-state index contributed by atoms with van der Waals surface area (Å²) >= 11 is 50.1. The fraction of sp³-hybridized carbons (Fsp3) is 0. The molecule has 0 atom stereocenters. The molecule has 0 nitrogen and oxygen atoms in total. The van der Waals surface area contributed by atoms with Crippen LogP contribution in [0.5, 0.6) is 0 Å². The minimum Gasteiger partial charge on any atom is -0.0835 e. The topological polar surface area (TPSA) is 0 Å². The molecule has 0 amide bonds. The summed E-state index contributed by atoms with van der Waals surface area (Å²) in [5.74, 6) is 0. The lowest BCUT2D eigenvalue weighted by atomic mass is 10.0. The molecular formula is C14H2Cl8. The van der Waals surface area contributed by atoms with Gasteiger partial charge < -0.3 is 0 Å². The number of rotatable bonds is 0. The molecule has 0 bridgehead atoms. The fourth-order valence-corrected chi connectivity index (χ4v) is 4.85. The molecule has 0 unspecified atom stereocenters. The van der Waals surface area contributed by atoms with Crippen molar-refractivity contribution in [2.75, 3.05) is 0 Å². The fourth-order valence-electron chi connectivity index (χ4n) is 2.28. The van der Waals surface area contributed by atoms with Crippen molar-refractivity contribution in [1.29, 1.82) is 0 Å². The SMILES string of the molecule is Clc1cc(Cl)c2c(Cl)c3c(Cl)cc(Cl)c(Cl)c3c(Cl)c2c1Cl. The summed E-state index contributed by atoms with van der Waals surface area (Å²) in [5.41, 5.74) is 0. The largest absolute Gasteiger partial charge is 0.0835 e. The Morgan fingerprint density at radius 2 is 0.682 bits per heavy atom. The maximum absolute atomic E-state index is 6.48. The van der Waals surface area contributed by atoms with Crippen LogP contribution >= 0.6 is 92.8 Å². The van der Waals surface area contributed by atoms with Crippen LogP contribution in [0.4, 0.5) is 0 Å². The van der Waals surface area contributed by atoms with Gasteiger partial charge in [-0.3, -0.25) is 0 Å². The molecule has 3 aromatic carbocycles. The molecule has 0 aliphatic rings. The molecule has 0 saturated heterocycles. The monoisotopic (exact) mass is 450 g/mol. The normalized spacial score (nSPS) is 11.6. The maximum atomic E-state index is 6.48. The van der Waals surface area contributed by atoms with Crippen molar-refractivity contribution in [3.63, 3.8) is 0 Å². The van der Waals surface area contributed by atoms with Crippen LogP contribution in [-0.2, 0) is 0 Å². The highest BCUT2D eigenvalue weighted by molar-refractivity contribution is 6.59. The molecule has 3 rings (SSSR count). The molecule has 22 heavy (non-hydrogen) atoms. The number of fused-ring (bicyclic) bond motifs is 2. The summed E-state index contributed by atoms with van der Waals surface area (Å²) in [7, 11) is 0. The highest BCUT2D eigenvalue weighted by Crippen LogP contribution is 2.51. The second kappa shape index (κ2) is 6.10. The van der Waals surface area contributed by atoms with E-state index in [9.17, 15) is 0 Å². The first-order chi connectivity index (χ1) is 10.3. The molecular weight excluding hydrogens is 452 g/mol. The number of hydrogen-bond donors (Lipinski definition) is 0. The molecule has 0 fully saturated rings. The van der Waals surface area contributed by atoms with E-state index in [0.717, 1.165) is 0 Å². The minimum absolute atomic E-state index is 0.224. The summed E-state index contributed by atoms with van der Waals surface area (Å²) < 4.78 is 0. The van der Waals surface area contributed by atoms with Crippen molar-refractivity contribution in [1.82, 2.24) is 0 Å². The number of halogens is 8. The lowest BCUT2D eigenvalue weighted by Gasteiger charge is -2.15. The summed E-state index contributed by atoms with van der Waals surface area (Å²) in [6.45, 7) is 0. The summed E-state index contributed by atoms with van der Waals surface area (Å²) in [4.78, 5) is 0. The van der Waals surface area contributed by atoms with Crippen LogP contribution in [0.25, 0.3) is 21.5 Å². The molecule has 0 N–H and O–H groups in total. The van der Waals surface area contributed by atoms with Gasteiger partial charge in [0.05, 0.1) is 40.2 Å². The third kappa shape index (κ3) is 2.44. The van der Waals surface area contributed by atoms with Gasteiger partial charge >= 0.3 is 0 Å². The Morgan fingerprint density at radius 1 is 0.364 bits per heavy atom. The number of hydrogen-bond acceptors (Lipinski definition) is 0. The van der Waals surface area contributed by atoms with E-state index in [0.29, 0.717) is 31.6 Å². The zero-order chi connectivity index (χ0) is 16.3. The van der Waals surface area contributed by atoms with Crippen molar-refractivity contribution in [3.8, 4) is 0 Å². The first-order valence-electron chi connectivity index (χ1n) is 5.67. The van der Waals surface area contributed by atoms with E-state index in [4.69, 9.17) is 92.8 Å².